The van der Waals surface area contributed by atoms with E-state index in [4.69, 9.17) is 22.3 Å². The number of para-hydroxylation sites is 1. The van der Waals surface area contributed by atoms with Crippen molar-refractivity contribution in [1.29, 1.82) is 0 Å². The predicted octanol–water partition coefficient (Wildman–Crippen LogP) is 16.0. The van der Waals surface area contributed by atoms with Gasteiger partial charge in [0, 0.05) is 35.2 Å². The van der Waals surface area contributed by atoms with Gasteiger partial charge in [0.1, 0.15) is 11.6 Å². The topological polar surface area (TPSA) is 50.9 Å². The first-order chi connectivity index (χ1) is 33.4. The van der Waals surface area contributed by atoms with Gasteiger partial charge in [-0.1, -0.05) is 161 Å². The number of rotatable bonds is 7. The van der Waals surface area contributed by atoms with Crippen molar-refractivity contribution in [3.63, 3.8) is 0 Å². The summed E-state index contributed by atoms with van der Waals surface area (Å²) in [4.78, 5) is 10.4. The van der Waals surface area contributed by atoms with Crippen molar-refractivity contribution in [3.05, 3.63) is 167 Å². The predicted molar refractivity (Wildman–Crippen MR) is 267 cm³/mol. The van der Waals surface area contributed by atoms with Gasteiger partial charge in [-0.05, 0) is 134 Å². The van der Waals surface area contributed by atoms with Crippen LogP contribution in [0.3, 0.4) is 0 Å². The second-order valence-electron chi connectivity index (χ2n) is 19.7. The second-order valence-corrected chi connectivity index (χ2v) is 19.7. The van der Waals surface area contributed by atoms with E-state index in [0.29, 0.717) is 28.2 Å². The third kappa shape index (κ3) is 8.24. The number of pyridine rings is 1. The number of aryl methyl sites for hydroxylation is 2. The minimum atomic E-state index is -3.36. The standard InChI is InChI=1S/C59H63N3O/c1-37-30-38(2)54(63)49(31-37)55-61-53-47(20-17-21-52(53)62(55)51-27-26-45(59(12,13)58(9,10)11)36-48(51)40-18-15-14-16-19-40)42-32-43(34-46(33-42)57(6,7)8)50-35-41(28-29-60-50)39-22-24-44(25-23-39)56(3,4)5/h14-36,63H,1-13H3/i3D3,4D3,5D3. The van der Waals surface area contributed by atoms with Gasteiger partial charge < -0.3 is 5.11 Å². The fourth-order valence-corrected chi connectivity index (χ4v) is 8.33. The highest BCUT2D eigenvalue weighted by Crippen LogP contribution is 2.46. The molecule has 2 heterocycles. The van der Waals surface area contributed by atoms with E-state index in [1.54, 1.807) is 24.4 Å². The van der Waals surface area contributed by atoms with Crippen molar-refractivity contribution in [2.45, 2.75) is 106 Å². The molecule has 0 saturated heterocycles. The summed E-state index contributed by atoms with van der Waals surface area (Å²) >= 11 is 0. The Labute approximate surface area is 388 Å². The number of phenolic OH excluding ortho intramolecular Hbond substituents is 1. The molecule has 0 atom stereocenters. The van der Waals surface area contributed by atoms with E-state index in [0.717, 1.165) is 61.2 Å². The molecule has 320 valence electrons. The normalized spacial score (nSPS) is 15.3. The summed E-state index contributed by atoms with van der Waals surface area (Å²) in [7, 11) is 0. The average Bonchev–Trinajstić information content (AvgIpc) is 3.68. The molecule has 6 aromatic carbocycles. The number of aromatic nitrogens is 3. The van der Waals surface area contributed by atoms with Crippen LogP contribution in [-0.4, -0.2) is 19.6 Å². The van der Waals surface area contributed by atoms with E-state index in [1.807, 2.05) is 44.2 Å². The van der Waals surface area contributed by atoms with Crippen molar-refractivity contribution in [2.24, 2.45) is 5.41 Å². The van der Waals surface area contributed by atoms with Crippen LogP contribution in [0.25, 0.3) is 72.7 Å². The molecule has 0 aliphatic rings. The van der Waals surface area contributed by atoms with Gasteiger partial charge in [-0.2, -0.15) is 0 Å². The second kappa shape index (κ2) is 15.8. The molecule has 8 aromatic rings. The summed E-state index contributed by atoms with van der Waals surface area (Å²) in [5.41, 5.74) is 9.87. The SMILES string of the molecule is [2H]C([2H])([2H])C(c1ccc(-c2ccnc(-c3cc(-c4cccc5c4nc(-c4cc(C)cc(C)c4O)n5-c4ccc(C(C)(C)C(C)(C)C)cc4-c4ccccc4)cc(C(C)(C)C)c3)c2)cc1)(C([2H])([2H])[2H])C([2H])([2H])[2H]. The maximum atomic E-state index is 11.9. The molecule has 1 N–H and O–H groups in total. The lowest BCUT2D eigenvalue weighted by Crippen LogP contribution is -2.34. The molecule has 0 aliphatic heterocycles. The molecule has 0 spiro atoms. The highest BCUT2D eigenvalue weighted by atomic mass is 16.3. The number of hydrogen-bond donors (Lipinski definition) is 1. The molecule has 0 fully saturated rings. The van der Waals surface area contributed by atoms with Crippen LogP contribution in [-0.2, 0) is 16.2 Å². The summed E-state index contributed by atoms with van der Waals surface area (Å²) in [6.07, 6.45) is 1.68. The first-order valence-electron chi connectivity index (χ1n) is 26.1. The third-order valence-corrected chi connectivity index (χ3v) is 13.1. The van der Waals surface area contributed by atoms with Crippen molar-refractivity contribution in [3.8, 4) is 67.5 Å². The Morgan fingerprint density at radius 3 is 1.92 bits per heavy atom. The van der Waals surface area contributed by atoms with Gasteiger partial charge in [-0.15, -0.1) is 0 Å². The lowest BCUT2D eigenvalue weighted by Gasteiger charge is -2.40. The fourth-order valence-electron chi connectivity index (χ4n) is 8.33. The number of hydrogen-bond acceptors (Lipinski definition) is 3. The highest BCUT2D eigenvalue weighted by Gasteiger charge is 2.35. The van der Waals surface area contributed by atoms with Crippen LogP contribution in [0.1, 0.15) is 116 Å². The van der Waals surface area contributed by atoms with Crippen molar-refractivity contribution >= 4 is 11.0 Å². The van der Waals surface area contributed by atoms with Gasteiger partial charge in [-0.25, -0.2) is 4.98 Å². The maximum Gasteiger partial charge on any atom is 0.149 e. The van der Waals surface area contributed by atoms with Crippen molar-refractivity contribution in [2.75, 3.05) is 0 Å². The first kappa shape index (κ1) is 33.3. The van der Waals surface area contributed by atoms with Gasteiger partial charge in [0.25, 0.3) is 0 Å². The molecule has 0 aliphatic carbocycles. The van der Waals surface area contributed by atoms with Gasteiger partial charge >= 0.3 is 0 Å². The Hall–Kier alpha value is -6.26. The van der Waals surface area contributed by atoms with Crippen LogP contribution in [0.4, 0.5) is 0 Å². The van der Waals surface area contributed by atoms with E-state index in [1.165, 1.54) is 17.7 Å². The fraction of sp³-hybridized carbons (Fsp3) is 0.288. The number of imidazole rings is 1. The Balaban J connectivity index is 1.34. The number of benzene rings is 6. The molecule has 0 bridgehead atoms. The average molecular weight is 839 g/mol. The Morgan fingerprint density at radius 1 is 0.540 bits per heavy atom. The Morgan fingerprint density at radius 2 is 1.24 bits per heavy atom. The van der Waals surface area contributed by atoms with E-state index in [2.05, 4.69) is 133 Å². The van der Waals surface area contributed by atoms with Crippen LogP contribution < -0.4 is 0 Å². The smallest absolute Gasteiger partial charge is 0.149 e. The van der Waals surface area contributed by atoms with Crippen LogP contribution in [0.5, 0.6) is 5.75 Å². The Kier molecular flexibility index (Phi) is 8.37. The lowest BCUT2D eigenvalue weighted by molar-refractivity contribution is 0.225. The van der Waals surface area contributed by atoms with Crippen molar-refractivity contribution < 1.29 is 17.4 Å². The maximum absolute atomic E-state index is 11.9. The summed E-state index contributed by atoms with van der Waals surface area (Å²) in [5, 5.41) is 11.9. The van der Waals surface area contributed by atoms with Gasteiger partial charge in [-0.3, -0.25) is 9.55 Å². The van der Waals surface area contributed by atoms with Gasteiger partial charge in [0.05, 0.1) is 28.0 Å². The minimum absolute atomic E-state index is 0.0412. The van der Waals surface area contributed by atoms with E-state index < -0.39 is 26.0 Å². The highest BCUT2D eigenvalue weighted by molar-refractivity contribution is 5.98. The molecule has 0 unspecified atom stereocenters. The van der Waals surface area contributed by atoms with Crippen LogP contribution in [0.2, 0.25) is 0 Å². The largest absolute Gasteiger partial charge is 0.507 e. The molecule has 0 radical (unpaired) electrons. The van der Waals surface area contributed by atoms with E-state index in [9.17, 15) is 5.11 Å². The molecule has 0 amide bonds. The number of phenols is 1. The molecule has 4 heteroatoms. The minimum Gasteiger partial charge on any atom is -0.507 e. The summed E-state index contributed by atoms with van der Waals surface area (Å²) < 4.78 is 76.0. The molecule has 2 aromatic heterocycles. The molecule has 0 saturated carbocycles. The van der Waals surface area contributed by atoms with E-state index >= 15 is 0 Å². The zero-order valence-electron chi connectivity index (χ0n) is 47.1. The molecular formula is C59H63N3O. The molecular weight excluding hydrogens is 767 g/mol. The van der Waals surface area contributed by atoms with E-state index in [-0.39, 0.29) is 27.6 Å². The number of fused-ring (bicyclic) bond motifs is 1. The van der Waals surface area contributed by atoms with Gasteiger partial charge in [0.2, 0.25) is 0 Å². The molecule has 8 rings (SSSR count). The number of nitrogens with zero attached hydrogens (tertiary/aromatic N) is 3. The zero-order valence-corrected chi connectivity index (χ0v) is 38.1. The monoisotopic (exact) mass is 839 g/mol. The van der Waals surface area contributed by atoms with Crippen LogP contribution >= 0.6 is 0 Å². The molecule has 4 nitrogen and oxygen atoms in total. The molecule has 63 heavy (non-hydrogen) atoms. The first-order valence-corrected chi connectivity index (χ1v) is 21.6. The lowest BCUT2D eigenvalue weighted by atomic mass is 9.65. The van der Waals surface area contributed by atoms with Crippen LogP contribution in [0.15, 0.2) is 140 Å². The zero-order chi connectivity index (χ0) is 52.7. The summed E-state index contributed by atoms with van der Waals surface area (Å²) in [6, 6.07) is 43.2. The quantitative estimate of drug-likeness (QED) is 0.174. The summed E-state index contributed by atoms with van der Waals surface area (Å²) in [5.74, 6) is 0.761. The van der Waals surface area contributed by atoms with Crippen molar-refractivity contribution in [1.82, 2.24) is 14.5 Å². The number of aromatic hydroxyl groups is 1. The van der Waals surface area contributed by atoms with Gasteiger partial charge in [0.15, 0.2) is 0 Å². The van der Waals surface area contributed by atoms with Crippen LogP contribution in [0, 0.1) is 19.3 Å². The summed E-state index contributed by atoms with van der Waals surface area (Å²) in [6.45, 7) is 11.7. The third-order valence-electron chi connectivity index (χ3n) is 13.1. The Bertz CT molecular complexity index is 3300.